The summed E-state index contributed by atoms with van der Waals surface area (Å²) < 4.78 is 37.0. The fourth-order valence-corrected chi connectivity index (χ4v) is 6.39. The molecule has 0 radical (unpaired) electrons. The number of nitrogens with two attached hydrogens (primary N) is 1. The molecule has 11 heteroatoms. The van der Waals surface area contributed by atoms with Crippen LogP contribution in [0.15, 0.2) is 12.4 Å². The zero-order chi connectivity index (χ0) is 26.0. The summed E-state index contributed by atoms with van der Waals surface area (Å²) >= 11 is 0.954. The molecule has 190 valence electrons. The van der Waals surface area contributed by atoms with Gasteiger partial charge in [-0.2, -0.15) is 5.26 Å². The topological polar surface area (TPSA) is 113 Å². The number of nitrogen functional groups attached to an aromatic ring is 1. The van der Waals surface area contributed by atoms with Crippen molar-refractivity contribution in [3.05, 3.63) is 40.7 Å². The first-order valence-electron chi connectivity index (χ1n) is 12.1. The zero-order valence-corrected chi connectivity index (χ0v) is 21.4. The number of nitriles is 1. The van der Waals surface area contributed by atoms with Crippen molar-refractivity contribution < 1.29 is 13.5 Å². The van der Waals surface area contributed by atoms with E-state index in [9.17, 15) is 9.65 Å². The molecule has 0 unspecified atom stereocenters. The van der Waals surface area contributed by atoms with Crippen molar-refractivity contribution in [1.82, 2.24) is 20.3 Å². The molecular weight excluding hydrogens is 496 g/mol. The van der Waals surface area contributed by atoms with Crippen molar-refractivity contribution in [1.29, 1.82) is 5.26 Å². The van der Waals surface area contributed by atoms with E-state index < -0.39 is 11.6 Å². The summed E-state index contributed by atoms with van der Waals surface area (Å²) in [6.45, 7) is 8.29. The number of hydrogen-bond acceptors (Lipinski definition) is 9. The fourth-order valence-electron chi connectivity index (χ4n) is 5.47. The van der Waals surface area contributed by atoms with Crippen molar-refractivity contribution >= 4 is 43.3 Å². The van der Waals surface area contributed by atoms with E-state index in [0.717, 1.165) is 29.6 Å². The number of thiophene rings is 1. The van der Waals surface area contributed by atoms with Crippen LogP contribution in [0.25, 0.3) is 32.2 Å². The summed E-state index contributed by atoms with van der Waals surface area (Å²) in [6, 6.07) is 2.66. The lowest BCUT2D eigenvalue weighted by molar-refractivity contribution is 0.135. The van der Waals surface area contributed by atoms with Gasteiger partial charge in [-0.25, -0.2) is 18.7 Å². The number of rotatable bonds is 4. The van der Waals surface area contributed by atoms with Crippen molar-refractivity contribution in [2.75, 3.05) is 23.7 Å². The van der Waals surface area contributed by atoms with Crippen LogP contribution in [0.3, 0.4) is 0 Å². The second-order valence-corrected chi connectivity index (χ2v) is 11.0. The molecule has 5 heterocycles. The quantitative estimate of drug-likeness (QED) is 0.404. The lowest BCUT2D eigenvalue weighted by Gasteiger charge is -2.20. The van der Waals surface area contributed by atoms with Gasteiger partial charge in [-0.05, 0) is 17.0 Å². The standard InChI is InChI=1S/C26H25F2N7OS/c1-11(2)33-18-8-35(7-12(18)3)26-32-5-14-15-9-36-10-16(15)19(21(28)22(14)34-26)23-20-13(4-29)25(30)37-24(20)17(27)6-31-23/h5-6,11-12,18,33H,7-10,30H2,1-3H3/t12-,18-/m0/s1. The average molecular weight is 522 g/mol. The number of fused-ring (bicyclic) bond motifs is 4. The smallest absolute Gasteiger partial charge is 0.226 e. The molecule has 1 aromatic carbocycles. The Balaban J connectivity index is 1.55. The van der Waals surface area contributed by atoms with Crippen LogP contribution >= 0.6 is 11.3 Å². The first-order chi connectivity index (χ1) is 17.8. The number of pyridine rings is 1. The highest BCUT2D eigenvalue weighted by molar-refractivity contribution is 7.23. The molecule has 1 fully saturated rings. The number of ether oxygens (including phenoxy) is 1. The minimum absolute atomic E-state index is 0.0901. The van der Waals surface area contributed by atoms with Gasteiger partial charge in [0.15, 0.2) is 11.6 Å². The van der Waals surface area contributed by atoms with E-state index >= 15 is 4.39 Å². The van der Waals surface area contributed by atoms with Crippen LogP contribution in [0.4, 0.5) is 19.7 Å². The van der Waals surface area contributed by atoms with Crippen molar-refractivity contribution in [3.8, 4) is 17.3 Å². The maximum Gasteiger partial charge on any atom is 0.226 e. The van der Waals surface area contributed by atoms with E-state index in [1.165, 1.54) is 0 Å². The van der Waals surface area contributed by atoms with Gasteiger partial charge < -0.3 is 20.7 Å². The summed E-state index contributed by atoms with van der Waals surface area (Å²) in [7, 11) is 0. The molecule has 0 bridgehead atoms. The predicted octanol–water partition coefficient (Wildman–Crippen LogP) is 4.49. The van der Waals surface area contributed by atoms with Gasteiger partial charge in [-0.1, -0.05) is 20.8 Å². The summed E-state index contributed by atoms with van der Waals surface area (Å²) in [5.74, 6) is -0.379. The lowest BCUT2D eigenvalue weighted by atomic mass is 9.94. The lowest BCUT2D eigenvalue weighted by Crippen LogP contribution is -2.39. The molecule has 2 aliphatic rings. The summed E-state index contributed by atoms with van der Waals surface area (Å²) in [4.78, 5) is 15.6. The van der Waals surface area contributed by atoms with Crippen molar-refractivity contribution in [3.63, 3.8) is 0 Å². The number of benzene rings is 1. The van der Waals surface area contributed by atoms with Gasteiger partial charge in [0.1, 0.15) is 16.6 Å². The highest BCUT2D eigenvalue weighted by Crippen LogP contribution is 2.45. The molecule has 1 saturated heterocycles. The first kappa shape index (κ1) is 23.9. The molecule has 2 atom stereocenters. The van der Waals surface area contributed by atoms with E-state index in [0.29, 0.717) is 35.4 Å². The molecule has 2 aliphatic heterocycles. The number of nitrogens with zero attached hydrogens (tertiary/aromatic N) is 5. The van der Waals surface area contributed by atoms with E-state index in [1.807, 2.05) is 6.07 Å². The highest BCUT2D eigenvalue weighted by Gasteiger charge is 2.33. The molecule has 4 aromatic rings. The number of hydrogen-bond donors (Lipinski definition) is 2. The Morgan fingerprint density at radius 1 is 1.22 bits per heavy atom. The molecule has 0 aliphatic carbocycles. The first-order valence-corrected chi connectivity index (χ1v) is 13.0. The van der Waals surface area contributed by atoms with E-state index in [2.05, 4.69) is 45.9 Å². The number of halogens is 2. The van der Waals surface area contributed by atoms with Gasteiger partial charge in [0.05, 0.1) is 35.4 Å². The molecule has 0 spiro atoms. The van der Waals surface area contributed by atoms with Gasteiger partial charge in [-0.15, -0.1) is 11.3 Å². The second-order valence-electron chi connectivity index (χ2n) is 9.99. The Hall–Kier alpha value is -3.46. The third kappa shape index (κ3) is 3.70. The van der Waals surface area contributed by atoms with Gasteiger partial charge in [0, 0.05) is 47.7 Å². The van der Waals surface area contributed by atoms with E-state index in [4.69, 9.17) is 10.5 Å². The molecule has 0 saturated carbocycles. The van der Waals surface area contributed by atoms with Gasteiger partial charge in [0.25, 0.3) is 0 Å². The Morgan fingerprint density at radius 2 is 2.00 bits per heavy atom. The second kappa shape index (κ2) is 8.83. The number of nitrogens with one attached hydrogen (secondary N) is 1. The Bertz CT molecular complexity index is 1610. The van der Waals surface area contributed by atoms with Gasteiger partial charge >= 0.3 is 0 Å². The molecule has 0 amide bonds. The van der Waals surface area contributed by atoms with Crippen LogP contribution in [0.1, 0.15) is 37.5 Å². The van der Waals surface area contributed by atoms with Crippen LogP contribution in [-0.2, 0) is 18.0 Å². The third-order valence-electron chi connectivity index (χ3n) is 7.17. The van der Waals surface area contributed by atoms with Crippen LogP contribution in [0, 0.1) is 28.9 Å². The van der Waals surface area contributed by atoms with E-state index in [-0.39, 0.29) is 56.7 Å². The predicted molar refractivity (Wildman–Crippen MR) is 139 cm³/mol. The average Bonchev–Trinajstić information content (AvgIpc) is 3.57. The molecule has 8 nitrogen and oxygen atoms in total. The molecule has 6 rings (SSSR count). The van der Waals surface area contributed by atoms with Crippen LogP contribution in [0.5, 0.6) is 0 Å². The monoisotopic (exact) mass is 521 g/mol. The third-order valence-corrected chi connectivity index (χ3v) is 8.20. The normalized spacial score (nSPS) is 19.3. The number of aromatic nitrogens is 3. The van der Waals surface area contributed by atoms with Crippen LogP contribution < -0.4 is 16.0 Å². The summed E-state index contributed by atoms with van der Waals surface area (Å²) in [5, 5.41) is 14.3. The fraction of sp³-hybridized carbons (Fsp3) is 0.385. The molecule has 3 N–H and O–H groups in total. The van der Waals surface area contributed by atoms with Gasteiger partial charge in [0.2, 0.25) is 5.95 Å². The zero-order valence-electron chi connectivity index (χ0n) is 20.6. The summed E-state index contributed by atoms with van der Waals surface area (Å²) in [5.41, 5.74) is 7.96. The Kier molecular flexibility index (Phi) is 5.71. The van der Waals surface area contributed by atoms with Gasteiger partial charge in [-0.3, -0.25) is 4.98 Å². The Morgan fingerprint density at radius 3 is 2.76 bits per heavy atom. The van der Waals surface area contributed by atoms with Crippen molar-refractivity contribution in [2.24, 2.45) is 5.92 Å². The Labute approximate surface area is 216 Å². The molecule has 3 aromatic heterocycles. The van der Waals surface area contributed by atoms with Crippen molar-refractivity contribution in [2.45, 2.75) is 46.1 Å². The van der Waals surface area contributed by atoms with Crippen LogP contribution in [-0.4, -0.2) is 40.1 Å². The number of anilines is 2. The maximum absolute atomic E-state index is 16.5. The minimum Gasteiger partial charge on any atom is -0.389 e. The van der Waals surface area contributed by atoms with E-state index in [1.54, 1.807) is 6.20 Å². The SMILES string of the molecule is CC(C)N[C@H]1CN(c2ncc3c4c(c(-c5ncc(F)c6sc(N)c(C#N)c56)c(F)c3n2)COC4)C[C@@H]1C. The summed E-state index contributed by atoms with van der Waals surface area (Å²) in [6.07, 6.45) is 2.70. The van der Waals surface area contributed by atoms with Crippen LogP contribution in [0.2, 0.25) is 0 Å². The largest absolute Gasteiger partial charge is 0.389 e. The maximum atomic E-state index is 16.5. The molecular formula is C26H25F2N7OS. The minimum atomic E-state index is -0.608. The highest BCUT2D eigenvalue weighted by atomic mass is 32.1. The molecule has 37 heavy (non-hydrogen) atoms.